The summed E-state index contributed by atoms with van der Waals surface area (Å²) in [5, 5.41) is 0. The van der Waals surface area contributed by atoms with Crippen molar-refractivity contribution in [2.24, 2.45) is 0 Å². The minimum Gasteiger partial charge on any atom is -0.368 e. The highest BCUT2D eigenvalue weighted by molar-refractivity contribution is 5.78. The van der Waals surface area contributed by atoms with E-state index < -0.39 is 0 Å². The Morgan fingerprint density at radius 1 is 1.12 bits per heavy atom. The van der Waals surface area contributed by atoms with E-state index >= 15 is 0 Å². The van der Waals surface area contributed by atoms with Gasteiger partial charge in [0.2, 0.25) is 11.8 Å². The number of carbonyl (C=O) groups is 2. The molecule has 1 heterocycles. The lowest BCUT2D eigenvalue weighted by atomic mass is 10.1. The SMILES string of the molecule is CC(=O)N(CCC(=O)N1CCN(c2cccc(C)c2C)CC1)C1CC1. The molecule has 25 heavy (non-hydrogen) atoms. The first kappa shape index (κ1) is 17.8. The summed E-state index contributed by atoms with van der Waals surface area (Å²) in [5.41, 5.74) is 3.91. The Kier molecular flexibility index (Phi) is 5.30. The number of rotatable bonds is 5. The third-order valence-electron chi connectivity index (χ3n) is 5.51. The van der Waals surface area contributed by atoms with Crippen LogP contribution in [0, 0.1) is 13.8 Å². The lowest BCUT2D eigenvalue weighted by Gasteiger charge is -2.37. The molecule has 1 aromatic carbocycles. The van der Waals surface area contributed by atoms with Gasteiger partial charge in [0.25, 0.3) is 0 Å². The molecule has 2 fully saturated rings. The summed E-state index contributed by atoms with van der Waals surface area (Å²) in [6, 6.07) is 6.79. The number of hydrogen-bond acceptors (Lipinski definition) is 3. The van der Waals surface area contributed by atoms with Crippen LogP contribution in [0.25, 0.3) is 0 Å². The van der Waals surface area contributed by atoms with Gasteiger partial charge in [-0.05, 0) is 43.9 Å². The largest absolute Gasteiger partial charge is 0.368 e. The molecule has 2 amide bonds. The first-order chi connectivity index (χ1) is 12.0. The zero-order chi connectivity index (χ0) is 18.0. The molecule has 1 aliphatic carbocycles. The van der Waals surface area contributed by atoms with Crippen molar-refractivity contribution in [2.75, 3.05) is 37.6 Å². The standard InChI is InChI=1S/C20H29N3O2/c1-15-5-4-6-19(16(15)2)21-11-13-22(14-12-21)20(25)9-10-23(17(3)24)18-7-8-18/h4-6,18H,7-14H2,1-3H3. The number of carbonyl (C=O) groups excluding carboxylic acids is 2. The first-order valence-electron chi connectivity index (χ1n) is 9.33. The smallest absolute Gasteiger partial charge is 0.224 e. The van der Waals surface area contributed by atoms with E-state index in [4.69, 9.17) is 0 Å². The molecule has 2 aliphatic rings. The molecule has 3 rings (SSSR count). The van der Waals surface area contributed by atoms with Crippen LogP contribution in [0.15, 0.2) is 18.2 Å². The molecule has 5 nitrogen and oxygen atoms in total. The Bertz CT molecular complexity index is 646. The maximum atomic E-state index is 12.5. The van der Waals surface area contributed by atoms with Crippen LogP contribution < -0.4 is 4.90 Å². The molecule has 0 unspecified atom stereocenters. The van der Waals surface area contributed by atoms with E-state index in [1.807, 2.05) is 9.80 Å². The number of hydrogen-bond donors (Lipinski definition) is 0. The van der Waals surface area contributed by atoms with E-state index in [1.54, 1.807) is 6.92 Å². The van der Waals surface area contributed by atoms with Crippen LogP contribution in [0.3, 0.4) is 0 Å². The Labute approximate surface area is 150 Å². The minimum atomic E-state index is 0.0926. The molecule has 1 saturated heterocycles. The molecular formula is C20H29N3O2. The summed E-state index contributed by atoms with van der Waals surface area (Å²) in [4.78, 5) is 30.4. The van der Waals surface area contributed by atoms with Crippen molar-refractivity contribution in [1.82, 2.24) is 9.80 Å². The average molecular weight is 343 g/mol. The zero-order valence-corrected chi connectivity index (χ0v) is 15.6. The van der Waals surface area contributed by atoms with Gasteiger partial charge >= 0.3 is 0 Å². The number of amides is 2. The zero-order valence-electron chi connectivity index (χ0n) is 15.6. The lowest BCUT2D eigenvalue weighted by molar-refractivity contribution is -0.133. The predicted octanol–water partition coefficient (Wildman–Crippen LogP) is 2.35. The summed E-state index contributed by atoms with van der Waals surface area (Å²) < 4.78 is 0. The van der Waals surface area contributed by atoms with Gasteiger partial charge in [0, 0.05) is 57.8 Å². The normalized spacial score (nSPS) is 17.6. The lowest BCUT2D eigenvalue weighted by Crippen LogP contribution is -2.49. The summed E-state index contributed by atoms with van der Waals surface area (Å²) in [5.74, 6) is 0.266. The van der Waals surface area contributed by atoms with E-state index in [1.165, 1.54) is 16.8 Å². The molecule has 1 aliphatic heterocycles. The second-order valence-electron chi connectivity index (χ2n) is 7.28. The van der Waals surface area contributed by atoms with Gasteiger partial charge in [-0.15, -0.1) is 0 Å². The molecule has 1 aromatic rings. The van der Waals surface area contributed by atoms with Crippen LogP contribution in [0.5, 0.6) is 0 Å². The van der Waals surface area contributed by atoms with Crippen molar-refractivity contribution < 1.29 is 9.59 Å². The summed E-state index contributed by atoms with van der Waals surface area (Å²) in [7, 11) is 0. The van der Waals surface area contributed by atoms with Gasteiger partial charge in [-0.1, -0.05) is 12.1 Å². The molecular weight excluding hydrogens is 314 g/mol. The third-order valence-corrected chi connectivity index (χ3v) is 5.51. The molecule has 0 N–H and O–H groups in total. The molecule has 0 radical (unpaired) electrons. The van der Waals surface area contributed by atoms with Crippen molar-refractivity contribution in [3.63, 3.8) is 0 Å². The molecule has 0 spiro atoms. The fourth-order valence-electron chi connectivity index (χ4n) is 3.63. The Morgan fingerprint density at radius 2 is 1.80 bits per heavy atom. The first-order valence-corrected chi connectivity index (χ1v) is 9.33. The number of piperazine rings is 1. The number of nitrogens with zero attached hydrogens (tertiary/aromatic N) is 3. The Balaban J connectivity index is 1.50. The van der Waals surface area contributed by atoms with E-state index in [9.17, 15) is 9.59 Å². The van der Waals surface area contributed by atoms with E-state index in [2.05, 4.69) is 36.9 Å². The van der Waals surface area contributed by atoms with E-state index in [0.717, 1.165) is 39.0 Å². The minimum absolute atomic E-state index is 0.0926. The number of aryl methyl sites for hydroxylation is 1. The predicted molar refractivity (Wildman–Crippen MR) is 99.7 cm³/mol. The quantitative estimate of drug-likeness (QED) is 0.824. The second-order valence-corrected chi connectivity index (χ2v) is 7.28. The summed E-state index contributed by atoms with van der Waals surface area (Å²) in [6.45, 7) is 9.73. The van der Waals surface area contributed by atoms with Crippen molar-refractivity contribution in [3.05, 3.63) is 29.3 Å². The number of anilines is 1. The monoisotopic (exact) mass is 343 g/mol. The highest BCUT2D eigenvalue weighted by atomic mass is 16.2. The van der Waals surface area contributed by atoms with Gasteiger partial charge in [0.1, 0.15) is 0 Å². The third kappa shape index (κ3) is 4.14. The van der Waals surface area contributed by atoms with Gasteiger partial charge in [-0.2, -0.15) is 0 Å². The van der Waals surface area contributed by atoms with E-state index in [0.29, 0.717) is 19.0 Å². The molecule has 0 atom stereocenters. The second kappa shape index (κ2) is 7.46. The van der Waals surface area contributed by atoms with E-state index in [-0.39, 0.29) is 11.8 Å². The Hall–Kier alpha value is -2.04. The van der Waals surface area contributed by atoms with Crippen LogP contribution in [0.2, 0.25) is 0 Å². The van der Waals surface area contributed by atoms with Crippen LogP contribution in [0.1, 0.15) is 37.3 Å². The molecule has 5 heteroatoms. The van der Waals surface area contributed by atoms with Gasteiger partial charge in [0.05, 0.1) is 0 Å². The topological polar surface area (TPSA) is 43.9 Å². The fraction of sp³-hybridized carbons (Fsp3) is 0.600. The van der Waals surface area contributed by atoms with Crippen LogP contribution in [-0.2, 0) is 9.59 Å². The van der Waals surface area contributed by atoms with Crippen LogP contribution in [-0.4, -0.2) is 60.4 Å². The van der Waals surface area contributed by atoms with Crippen molar-refractivity contribution in [2.45, 2.75) is 46.1 Å². The molecule has 0 bridgehead atoms. The molecule has 0 aromatic heterocycles. The van der Waals surface area contributed by atoms with Gasteiger partial charge in [-0.25, -0.2) is 0 Å². The summed E-state index contributed by atoms with van der Waals surface area (Å²) in [6.07, 6.45) is 2.62. The van der Waals surface area contributed by atoms with Gasteiger partial charge in [0.15, 0.2) is 0 Å². The highest BCUT2D eigenvalue weighted by Crippen LogP contribution is 2.27. The highest BCUT2D eigenvalue weighted by Gasteiger charge is 2.31. The van der Waals surface area contributed by atoms with Crippen molar-refractivity contribution >= 4 is 17.5 Å². The Morgan fingerprint density at radius 3 is 2.40 bits per heavy atom. The van der Waals surface area contributed by atoms with Crippen molar-refractivity contribution in [3.8, 4) is 0 Å². The molecule has 1 saturated carbocycles. The summed E-state index contributed by atoms with van der Waals surface area (Å²) >= 11 is 0. The van der Waals surface area contributed by atoms with Gasteiger partial charge < -0.3 is 14.7 Å². The van der Waals surface area contributed by atoms with Gasteiger partial charge in [-0.3, -0.25) is 9.59 Å². The van der Waals surface area contributed by atoms with Crippen molar-refractivity contribution in [1.29, 1.82) is 0 Å². The van der Waals surface area contributed by atoms with Crippen LogP contribution in [0.4, 0.5) is 5.69 Å². The van der Waals surface area contributed by atoms with Crippen LogP contribution >= 0.6 is 0 Å². The average Bonchev–Trinajstić information content (AvgIpc) is 3.42. The fourth-order valence-corrected chi connectivity index (χ4v) is 3.63. The molecule has 136 valence electrons. The number of benzene rings is 1. The maximum Gasteiger partial charge on any atom is 0.224 e. The maximum absolute atomic E-state index is 12.5.